The minimum absolute atomic E-state index is 0.0492. The van der Waals surface area contributed by atoms with E-state index in [2.05, 4.69) is 0 Å². The van der Waals surface area contributed by atoms with Crippen LogP contribution in [-0.2, 0) is 4.79 Å². The van der Waals surface area contributed by atoms with E-state index < -0.39 is 17.7 Å². The Hall–Kier alpha value is -1.91. The van der Waals surface area contributed by atoms with Gasteiger partial charge in [0.05, 0.1) is 0 Å². The molecule has 0 bridgehead atoms. The van der Waals surface area contributed by atoms with E-state index in [1.807, 2.05) is 0 Å². The van der Waals surface area contributed by atoms with Crippen molar-refractivity contribution in [1.29, 1.82) is 0 Å². The van der Waals surface area contributed by atoms with Crippen molar-refractivity contribution in [1.82, 2.24) is 4.90 Å². The van der Waals surface area contributed by atoms with Gasteiger partial charge in [0.1, 0.15) is 12.4 Å². The van der Waals surface area contributed by atoms with Crippen LogP contribution < -0.4 is 0 Å². The van der Waals surface area contributed by atoms with Crippen LogP contribution in [0, 0.1) is 5.82 Å². The van der Waals surface area contributed by atoms with Crippen LogP contribution in [0.1, 0.15) is 36.0 Å². The lowest BCUT2D eigenvalue weighted by atomic mass is 10.1. The molecule has 1 fully saturated rings. The summed E-state index contributed by atoms with van der Waals surface area (Å²) in [5.41, 5.74) is 0.202. The molecule has 0 spiro atoms. The Labute approximate surface area is 110 Å². The zero-order valence-electron chi connectivity index (χ0n) is 10.5. The second-order valence-electron chi connectivity index (χ2n) is 4.78. The van der Waals surface area contributed by atoms with Gasteiger partial charge in [0.15, 0.2) is 0 Å². The van der Waals surface area contributed by atoms with E-state index in [4.69, 9.17) is 5.11 Å². The van der Waals surface area contributed by atoms with Gasteiger partial charge in [-0.2, -0.15) is 0 Å². The summed E-state index contributed by atoms with van der Waals surface area (Å²) in [6.45, 7) is -0.333. The first-order chi connectivity index (χ1) is 9.08. The van der Waals surface area contributed by atoms with Gasteiger partial charge in [-0.25, -0.2) is 4.39 Å². The van der Waals surface area contributed by atoms with Crippen molar-refractivity contribution in [3.63, 3.8) is 0 Å². The highest BCUT2D eigenvalue weighted by Gasteiger charge is 2.29. The molecule has 1 aromatic carbocycles. The fourth-order valence-electron chi connectivity index (χ4n) is 2.52. The van der Waals surface area contributed by atoms with E-state index >= 15 is 0 Å². The quantitative estimate of drug-likeness (QED) is 0.908. The van der Waals surface area contributed by atoms with E-state index in [1.54, 1.807) is 0 Å². The molecule has 0 saturated heterocycles. The summed E-state index contributed by atoms with van der Waals surface area (Å²) in [7, 11) is 0. The van der Waals surface area contributed by atoms with Crippen molar-refractivity contribution >= 4 is 11.9 Å². The van der Waals surface area contributed by atoms with Crippen LogP contribution >= 0.6 is 0 Å². The largest absolute Gasteiger partial charge is 0.480 e. The molecule has 0 aromatic heterocycles. The number of carbonyl (C=O) groups excluding carboxylic acids is 1. The Morgan fingerprint density at radius 3 is 2.58 bits per heavy atom. The lowest BCUT2D eigenvalue weighted by Gasteiger charge is -2.27. The summed E-state index contributed by atoms with van der Waals surface area (Å²) in [4.78, 5) is 24.6. The van der Waals surface area contributed by atoms with E-state index in [1.165, 1.54) is 23.1 Å². The number of aliphatic carboxylic acids is 1. The van der Waals surface area contributed by atoms with Gasteiger partial charge in [-0.15, -0.1) is 0 Å². The molecule has 2 rings (SSSR count). The Kier molecular flexibility index (Phi) is 4.14. The van der Waals surface area contributed by atoms with Gasteiger partial charge in [0, 0.05) is 11.6 Å². The third-order valence-electron chi connectivity index (χ3n) is 3.40. The van der Waals surface area contributed by atoms with Gasteiger partial charge < -0.3 is 10.0 Å². The molecular weight excluding hydrogens is 249 g/mol. The molecular formula is C14H16FNO3. The molecule has 0 unspecified atom stereocenters. The standard InChI is InChI=1S/C14H16FNO3/c15-11-5-3-4-10(8-11)14(19)16(9-13(17)18)12-6-1-2-7-12/h3-5,8,12H,1-2,6-7,9H2,(H,17,18). The van der Waals surface area contributed by atoms with Crippen molar-refractivity contribution in [2.24, 2.45) is 0 Å². The molecule has 1 aliphatic carbocycles. The van der Waals surface area contributed by atoms with E-state index in [9.17, 15) is 14.0 Å². The highest BCUT2D eigenvalue weighted by atomic mass is 19.1. The molecule has 1 aliphatic rings. The molecule has 102 valence electrons. The van der Waals surface area contributed by atoms with Crippen LogP contribution in [0.25, 0.3) is 0 Å². The molecule has 0 atom stereocenters. The fraction of sp³-hybridized carbons (Fsp3) is 0.429. The van der Waals surface area contributed by atoms with Gasteiger partial charge in [-0.3, -0.25) is 9.59 Å². The van der Waals surface area contributed by atoms with Crippen LogP contribution in [0.2, 0.25) is 0 Å². The number of carbonyl (C=O) groups is 2. The second-order valence-corrected chi connectivity index (χ2v) is 4.78. The van der Waals surface area contributed by atoms with Gasteiger partial charge >= 0.3 is 5.97 Å². The highest BCUT2D eigenvalue weighted by Crippen LogP contribution is 2.24. The summed E-state index contributed by atoms with van der Waals surface area (Å²) >= 11 is 0. The molecule has 4 nitrogen and oxygen atoms in total. The maximum atomic E-state index is 13.1. The average Bonchev–Trinajstić information content (AvgIpc) is 2.88. The topological polar surface area (TPSA) is 57.6 Å². The number of amides is 1. The van der Waals surface area contributed by atoms with Crippen molar-refractivity contribution in [3.8, 4) is 0 Å². The molecule has 0 radical (unpaired) electrons. The molecule has 1 saturated carbocycles. The van der Waals surface area contributed by atoms with E-state index in [-0.39, 0.29) is 18.2 Å². The van der Waals surface area contributed by atoms with Crippen LogP contribution in [-0.4, -0.2) is 34.5 Å². The van der Waals surface area contributed by atoms with Gasteiger partial charge in [0.2, 0.25) is 0 Å². The first-order valence-electron chi connectivity index (χ1n) is 6.36. The second kappa shape index (κ2) is 5.82. The third-order valence-corrected chi connectivity index (χ3v) is 3.40. The Bertz CT molecular complexity index is 483. The minimum atomic E-state index is -1.04. The lowest BCUT2D eigenvalue weighted by molar-refractivity contribution is -0.138. The Morgan fingerprint density at radius 1 is 1.32 bits per heavy atom. The van der Waals surface area contributed by atoms with Crippen LogP contribution in [0.3, 0.4) is 0 Å². The normalized spacial score (nSPS) is 15.4. The molecule has 5 heteroatoms. The summed E-state index contributed by atoms with van der Waals surface area (Å²) in [6.07, 6.45) is 3.62. The lowest BCUT2D eigenvalue weighted by Crippen LogP contribution is -2.42. The van der Waals surface area contributed by atoms with Crippen molar-refractivity contribution in [3.05, 3.63) is 35.6 Å². The maximum absolute atomic E-state index is 13.1. The van der Waals surface area contributed by atoms with Crippen LogP contribution in [0.5, 0.6) is 0 Å². The number of benzene rings is 1. The molecule has 1 aromatic rings. The number of carboxylic acid groups (broad SMARTS) is 1. The van der Waals surface area contributed by atoms with E-state index in [0.29, 0.717) is 0 Å². The van der Waals surface area contributed by atoms with Crippen molar-refractivity contribution in [2.75, 3.05) is 6.54 Å². The Morgan fingerprint density at radius 2 is 2.00 bits per heavy atom. The van der Waals surface area contributed by atoms with Crippen LogP contribution in [0.15, 0.2) is 24.3 Å². The number of nitrogens with zero attached hydrogens (tertiary/aromatic N) is 1. The fourth-order valence-corrected chi connectivity index (χ4v) is 2.52. The molecule has 0 aliphatic heterocycles. The molecule has 1 N–H and O–H groups in total. The highest BCUT2D eigenvalue weighted by molar-refractivity contribution is 5.96. The van der Waals surface area contributed by atoms with E-state index in [0.717, 1.165) is 31.7 Å². The monoisotopic (exact) mass is 265 g/mol. The summed E-state index contributed by atoms with van der Waals surface area (Å²) in [5, 5.41) is 8.93. The van der Waals surface area contributed by atoms with Crippen molar-refractivity contribution < 1.29 is 19.1 Å². The molecule has 19 heavy (non-hydrogen) atoms. The number of halogens is 1. The summed E-state index contributed by atoms with van der Waals surface area (Å²) < 4.78 is 13.1. The average molecular weight is 265 g/mol. The van der Waals surface area contributed by atoms with Crippen LogP contribution in [0.4, 0.5) is 4.39 Å². The summed E-state index contributed by atoms with van der Waals surface area (Å²) in [6, 6.07) is 5.32. The summed E-state index contributed by atoms with van der Waals surface area (Å²) in [5.74, 6) is -1.95. The van der Waals surface area contributed by atoms with Gasteiger partial charge in [-0.1, -0.05) is 18.9 Å². The minimum Gasteiger partial charge on any atom is -0.480 e. The van der Waals surface area contributed by atoms with Crippen molar-refractivity contribution in [2.45, 2.75) is 31.7 Å². The molecule has 0 heterocycles. The maximum Gasteiger partial charge on any atom is 0.323 e. The molecule has 1 amide bonds. The Balaban J connectivity index is 2.21. The van der Waals surface area contributed by atoms with Gasteiger partial charge in [0.25, 0.3) is 5.91 Å². The first-order valence-corrected chi connectivity index (χ1v) is 6.36. The number of carboxylic acids is 1. The number of rotatable bonds is 4. The third kappa shape index (κ3) is 3.30. The predicted octanol–water partition coefficient (Wildman–Crippen LogP) is 2.30. The first kappa shape index (κ1) is 13.5. The number of hydrogen-bond donors (Lipinski definition) is 1. The zero-order chi connectivity index (χ0) is 13.8. The smallest absolute Gasteiger partial charge is 0.323 e. The van der Waals surface area contributed by atoms with Gasteiger partial charge in [-0.05, 0) is 31.0 Å². The predicted molar refractivity (Wildman–Crippen MR) is 67.3 cm³/mol. The number of hydrogen-bond acceptors (Lipinski definition) is 2. The SMILES string of the molecule is O=C(O)CN(C(=O)c1cccc(F)c1)C1CCCC1. The zero-order valence-corrected chi connectivity index (χ0v) is 10.5.